The molecule has 2 fully saturated rings. The van der Waals surface area contributed by atoms with E-state index >= 15 is 0 Å². The zero-order valence-electron chi connectivity index (χ0n) is 32.2. The second kappa shape index (κ2) is 18.0. The van der Waals surface area contributed by atoms with Crippen LogP contribution in [-0.2, 0) is 13.2 Å². The Morgan fingerprint density at radius 2 is 1.18 bits per heavy atom. The number of carbonyl (C=O) groups excluding carboxylic acids is 1. The third-order valence-corrected chi connectivity index (χ3v) is 9.52. The van der Waals surface area contributed by atoms with Crippen molar-refractivity contribution in [3.05, 3.63) is 120 Å². The van der Waals surface area contributed by atoms with Gasteiger partial charge in [0.05, 0.1) is 36.4 Å². The van der Waals surface area contributed by atoms with Crippen molar-refractivity contribution < 1.29 is 33.6 Å². The fraction of sp³-hybridized carbons (Fsp3) is 0.256. The molecule has 0 spiro atoms. The average Bonchev–Trinajstić information content (AvgIpc) is 4.18. The summed E-state index contributed by atoms with van der Waals surface area (Å²) in [5.74, 6) is 2.81. The van der Waals surface area contributed by atoms with Crippen LogP contribution in [0.3, 0.4) is 0 Å². The molecule has 0 saturated heterocycles. The molecule has 2 aromatic carbocycles. The number of nitrogens with zero attached hydrogens (tertiary/aromatic N) is 8. The Kier molecular flexibility index (Phi) is 12.3. The highest BCUT2D eigenvalue weighted by molar-refractivity contribution is 5.94. The van der Waals surface area contributed by atoms with Gasteiger partial charge in [0.15, 0.2) is 22.9 Å². The first-order chi connectivity index (χ1) is 28.8. The number of amides is 1. The van der Waals surface area contributed by atoms with E-state index < -0.39 is 5.97 Å². The van der Waals surface area contributed by atoms with Crippen molar-refractivity contribution in [2.75, 3.05) is 14.2 Å². The standard InChI is InChI=1S/C21H19N5O3.C18H14N4O4.C3H7N.CH4/c1-28-15-5-6-16-17(10-15)22-9-8-18(16)29-12-20-25-24-19-7-2-13(11-26(19)20)21(27)23-14-3-4-14;1-25-12-3-4-13-14(8-12)19-7-6-15(13)26-10-17-21-20-16-5-2-11(18(23)24)9-22(16)17;4-3-1-2-3;/h2,5-11,14H,3-4,12H2,1H3,(H,23,27);2-9H,10H2,1H3,(H,23,24);3H,1-2,4H2;1H4. The fourth-order valence-corrected chi connectivity index (χ4v) is 5.92. The van der Waals surface area contributed by atoms with E-state index in [0.29, 0.717) is 57.8 Å². The maximum atomic E-state index is 12.3. The number of rotatable bonds is 11. The van der Waals surface area contributed by atoms with Crippen LogP contribution >= 0.6 is 0 Å². The Labute approximate surface area is 344 Å². The number of benzene rings is 2. The van der Waals surface area contributed by atoms with Crippen molar-refractivity contribution in [3.63, 3.8) is 0 Å². The summed E-state index contributed by atoms with van der Waals surface area (Å²) in [6, 6.07) is 22.3. The Bertz CT molecular complexity index is 2800. The SMILES string of the molecule is C.COc1ccc2c(OCc3nnc4ccc(C(=O)NC5CC5)cn34)ccnc2c1.COc1ccc2c(OCc3nnc4ccc(C(=O)O)cn34)ccnc2c1.NC1CC1. The Morgan fingerprint density at radius 1 is 0.700 bits per heavy atom. The molecule has 6 aromatic heterocycles. The molecule has 2 saturated carbocycles. The zero-order chi connectivity index (χ0) is 40.9. The number of pyridine rings is 4. The van der Waals surface area contributed by atoms with E-state index in [2.05, 4.69) is 35.7 Å². The van der Waals surface area contributed by atoms with Crippen LogP contribution in [0.4, 0.5) is 0 Å². The molecule has 308 valence electrons. The van der Waals surface area contributed by atoms with Gasteiger partial charge in [0.2, 0.25) is 0 Å². The molecule has 60 heavy (non-hydrogen) atoms. The maximum Gasteiger partial charge on any atom is 0.337 e. The van der Waals surface area contributed by atoms with Crippen LogP contribution in [0.15, 0.2) is 97.6 Å². The van der Waals surface area contributed by atoms with Gasteiger partial charge >= 0.3 is 5.97 Å². The van der Waals surface area contributed by atoms with Gasteiger partial charge in [-0.2, -0.15) is 0 Å². The van der Waals surface area contributed by atoms with E-state index in [1.54, 1.807) is 65.9 Å². The summed E-state index contributed by atoms with van der Waals surface area (Å²) in [6.07, 6.45) is 11.2. The van der Waals surface area contributed by atoms with Crippen LogP contribution < -0.4 is 30.0 Å². The van der Waals surface area contributed by atoms with Gasteiger partial charge in [-0.3, -0.25) is 23.6 Å². The summed E-state index contributed by atoms with van der Waals surface area (Å²) in [5, 5.41) is 30.3. The number of hydrogen-bond donors (Lipinski definition) is 3. The third kappa shape index (κ3) is 9.48. The molecule has 1 amide bonds. The van der Waals surface area contributed by atoms with E-state index in [1.807, 2.05) is 42.5 Å². The first kappa shape index (κ1) is 40.8. The Morgan fingerprint density at radius 3 is 1.63 bits per heavy atom. The predicted octanol–water partition coefficient (Wildman–Crippen LogP) is 6.06. The van der Waals surface area contributed by atoms with Gasteiger partial charge in [-0.1, -0.05) is 7.43 Å². The van der Waals surface area contributed by atoms with E-state index in [-0.39, 0.29) is 32.1 Å². The molecule has 2 aliphatic rings. The molecule has 0 bridgehead atoms. The highest BCUT2D eigenvalue weighted by Gasteiger charge is 2.24. The molecule has 17 nitrogen and oxygen atoms in total. The van der Waals surface area contributed by atoms with E-state index in [0.717, 1.165) is 40.4 Å². The lowest BCUT2D eigenvalue weighted by molar-refractivity contribution is 0.0696. The number of nitrogens with two attached hydrogens (primary N) is 1. The summed E-state index contributed by atoms with van der Waals surface area (Å²) >= 11 is 0. The molecule has 2 aliphatic carbocycles. The molecule has 17 heteroatoms. The van der Waals surface area contributed by atoms with Crippen LogP contribution in [0.1, 0.15) is 65.5 Å². The minimum absolute atomic E-state index is 0. The van der Waals surface area contributed by atoms with Gasteiger partial charge in [-0.25, -0.2) is 4.79 Å². The van der Waals surface area contributed by atoms with Gasteiger partial charge in [0, 0.05) is 59.8 Å². The van der Waals surface area contributed by atoms with Crippen molar-refractivity contribution >= 4 is 45.0 Å². The summed E-state index contributed by atoms with van der Waals surface area (Å²) in [4.78, 5) is 32.2. The molecule has 10 rings (SSSR count). The average molecular weight is 813 g/mol. The van der Waals surface area contributed by atoms with Crippen molar-refractivity contribution in [2.24, 2.45) is 5.73 Å². The Hall–Kier alpha value is -7.40. The van der Waals surface area contributed by atoms with Crippen molar-refractivity contribution in [1.29, 1.82) is 0 Å². The van der Waals surface area contributed by atoms with E-state index in [9.17, 15) is 9.59 Å². The molecular weight excluding hydrogens is 769 g/mol. The zero-order valence-corrected chi connectivity index (χ0v) is 32.2. The molecule has 8 aromatic rings. The van der Waals surface area contributed by atoms with E-state index in [1.165, 1.54) is 25.1 Å². The molecule has 0 unspecified atom stereocenters. The van der Waals surface area contributed by atoms with Crippen LogP contribution in [0.25, 0.3) is 33.1 Å². The topological polar surface area (TPSA) is 215 Å². The lowest BCUT2D eigenvalue weighted by atomic mass is 10.2. The number of aromatic nitrogens is 8. The smallest absolute Gasteiger partial charge is 0.337 e. The minimum atomic E-state index is -1.01. The highest BCUT2D eigenvalue weighted by atomic mass is 16.5. The first-order valence-corrected chi connectivity index (χ1v) is 18.8. The lowest BCUT2D eigenvalue weighted by Gasteiger charge is -2.09. The van der Waals surface area contributed by atoms with Crippen LogP contribution in [-0.4, -0.2) is 82.5 Å². The Balaban J connectivity index is 0.000000164. The monoisotopic (exact) mass is 812 g/mol. The summed E-state index contributed by atoms with van der Waals surface area (Å²) < 4.78 is 25.8. The normalized spacial score (nSPS) is 13.1. The highest BCUT2D eigenvalue weighted by Crippen LogP contribution is 2.29. The van der Waals surface area contributed by atoms with Crippen molar-refractivity contribution in [2.45, 2.75) is 58.4 Å². The molecule has 0 aliphatic heterocycles. The van der Waals surface area contributed by atoms with Gasteiger partial charge in [-0.05, 0) is 86.3 Å². The van der Waals surface area contributed by atoms with Gasteiger partial charge in [0.25, 0.3) is 5.91 Å². The lowest BCUT2D eigenvalue weighted by Crippen LogP contribution is -2.25. The third-order valence-electron chi connectivity index (χ3n) is 9.52. The number of nitrogens with one attached hydrogen (secondary N) is 1. The predicted molar refractivity (Wildman–Crippen MR) is 223 cm³/mol. The van der Waals surface area contributed by atoms with Gasteiger partial charge in [0.1, 0.15) is 36.2 Å². The maximum absolute atomic E-state index is 12.3. The molecular formula is C43H44N10O7. The first-order valence-electron chi connectivity index (χ1n) is 18.8. The second-order valence-corrected chi connectivity index (χ2v) is 13.9. The number of ether oxygens (including phenoxy) is 4. The van der Waals surface area contributed by atoms with Crippen LogP contribution in [0.2, 0.25) is 0 Å². The number of fused-ring (bicyclic) bond motifs is 4. The summed E-state index contributed by atoms with van der Waals surface area (Å²) in [5.41, 5.74) is 8.70. The number of methoxy groups -OCH3 is 2. The van der Waals surface area contributed by atoms with Gasteiger partial charge in [-0.15, -0.1) is 20.4 Å². The number of aromatic carboxylic acids is 1. The molecule has 6 heterocycles. The number of hydrogen-bond acceptors (Lipinski definition) is 13. The van der Waals surface area contributed by atoms with Gasteiger partial charge < -0.3 is 35.1 Å². The summed E-state index contributed by atoms with van der Waals surface area (Å²) in [7, 11) is 3.22. The largest absolute Gasteiger partial charge is 0.497 e. The number of carbonyl (C=O) groups is 2. The number of carboxylic acid groups (broad SMARTS) is 1. The molecule has 0 atom stereocenters. The van der Waals surface area contributed by atoms with Crippen LogP contribution in [0.5, 0.6) is 23.0 Å². The fourth-order valence-electron chi connectivity index (χ4n) is 5.92. The van der Waals surface area contributed by atoms with Crippen LogP contribution in [0, 0.1) is 0 Å². The van der Waals surface area contributed by atoms with E-state index in [4.69, 9.17) is 29.8 Å². The number of carboxylic acids is 1. The summed E-state index contributed by atoms with van der Waals surface area (Å²) in [6.45, 7) is 0.343. The van der Waals surface area contributed by atoms with Crippen molar-refractivity contribution in [3.8, 4) is 23.0 Å². The molecule has 0 radical (unpaired) electrons. The second-order valence-electron chi connectivity index (χ2n) is 13.9. The quantitative estimate of drug-likeness (QED) is 0.135. The minimum Gasteiger partial charge on any atom is -0.497 e. The van der Waals surface area contributed by atoms with Crippen molar-refractivity contribution in [1.82, 2.24) is 44.5 Å². The molecule has 4 N–H and O–H groups in total.